The van der Waals surface area contributed by atoms with E-state index in [-0.39, 0.29) is 29.9 Å². The van der Waals surface area contributed by atoms with Crippen LogP contribution in [0.5, 0.6) is 0 Å². The molecule has 156 valence electrons. The van der Waals surface area contributed by atoms with Gasteiger partial charge in [0, 0.05) is 6.42 Å². The van der Waals surface area contributed by atoms with Crippen LogP contribution in [0, 0.1) is 19.8 Å². The lowest BCUT2D eigenvalue weighted by Crippen LogP contribution is -2.31. The van der Waals surface area contributed by atoms with E-state index in [9.17, 15) is 9.59 Å². The smallest absolute Gasteiger partial charge is 0.338 e. The topological polar surface area (TPSA) is 61.8 Å². The van der Waals surface area contributed by atoms with E-state index in [0.29, 0.717) is 17.9 Å². The van der Waals surface area contributed by atoms with Crippen molar-refractivity contribution in [3.05, 3.63) is 46.5 Å². The van der Waals surface area contributed by atoms with Crippen LogP contribution >= 0.6 is 0 Å². The molecule has 1 aromatic carbocycles. The van der Waals surface area contributed by atoms with Crippen LogP contribution in [0.15, 0.2) is 24.3 Å². The zero-order valence-electron chi connectivity index (χ0n) is 17.9. The van der Waals surface area contributed by atoms with Gasteiger partial charge in [0.25, 0.3) is 0 Å². The molecular formula is C24H30O5. The number of fused-ring (bicyclic) bond motifs is 4. The molecule has 2 aliphatic heterocycles. The molecule has 0 aromatic heterocycles. The summed E-state index contributed by atoms with van der Waals surface area (Å²) in [5, 5.41) is 0. The Balaban J connectivity index is 1.70. The van der Waals surface area contributed by atoms with Gasteiger partial charge in [-0.25, -0.2) is 4.79 Å². The Hall–Kier alpha value is -1.98. The Morgan fingerprint density at radius 3 is 2.59 bits per heavy atom. The average Bonchev–Trinajstić information content (AvgIpc) is 3.28. The van der Waals surface area contributed by atoms with Crippen LogP contribution in [0.3, 0.4) is 0 Å². The third kappa shape index (κ3) is 4.17. The molecule has 0 spiro atoms. The van der Waals surface area contributed by atoms with E-state index in [1.54, 1.807) is 12.2 Å². The number of benzene rings is 1. The van der Waals surface area contributed by atoms with Crippen LogP contribution in [0.1, 0.15) is 73.0 Å². The maximum Gasteiger partial charge on any atom is 0.338 e. The zero-order valence-corrected chi connectivity index (χ0v) is 17.9. The number of ether oxygens (including phenoxy) is 3. The molecule has 2 unspecified atom stereocenters. The number of rotatable bonds is 0. The zero-order chi connectivity index (χ0) is 20.9. The van der Waals surface area contributed by atoms with Crippen molar-refractivity contribution in [1.29, 1.82) is 0 Å². The summed E-state index contributed by atoms with van der Waals surface area (Å²) < 4.78 is 17.7. The maximum atomic E-state index is 13.0. The van der Waals surface area contributed by atoms with Crippen LogP contribution in [0.2, 0.25) is 0 Å². The molecule has 5 heteroatoms. The second kappa shape index (κ2) is 7.37. The second-order valence-corrected chi connectivity index (χ2v) is 9.23. The van der Waals surface area contributed by atoms with Crippen LogP contribution in [-0.2, 0) is 19.0 Å². The fourth-order valence-electron chi connectivity index (χ4n) is 4.77. The van der Waals surface area contributed by atoms with Gasteiger partial charge in [0.2, 0.25) is 0 Å². The SMILES string of the molecule is Cc1cc(C)c2c(c1)C1CC1C[C@H]1OC(C)(C)O[C@@H]1C(=O)/C=C/C[C@H](C)OC2=O. The summed E-state index contributed by atoms with van der Waals surface area (Å²) in [5.41, 5.74) is 3.87. The number of aryl methyl sites for hydroxylation is 2. The maximum absolute atomic E-state index is 13.0. The van der Waals surface area contributed by atoms with Gasteiger partial charge >= 0.3 is 5.97 Å². The summed E-state index contributed by atoms with van der Waals surface area (Å²) >= 11 is 0. The Labute approximate surface area is 172 Å². The third-order valence-corrected chi connectivity index (χ3v) is 6.09. The van der Waals surface area contributed by atoms with E-state index in [0.717, 1.165) is 29.5 Å². The molecule has 0 bridgehead atoms. The summed E-state index contributed by atoms with van der Waals surface area (Å²) in [7, 11) is 0. The molecule has 1 saturated heterocycles. The van der Waals surface area contributed by atoms with Crippen molar-refractivity contribution in [2.75, 3.05) is 0 Å². The summed E-state index contributed by atoms with van der Waals surface area (Å²) in [6.07, 6.45) is 4.36. The predicted molar refractivity (Wildman–Crippen MR) is 109 cm³/mol. The van der Waals surface area contributed by atoms with E-state index in [1.807, 2.05) is 33.8 Å². The highest BCUT2D eigenvalue weighted by atomic mass is 16.8. The molecule has 1 saturated carbocycles. The molecular weight excluding hydrogens is 368 g/mol. The minimum atomic E-state index is -0.769. The number of esters is 1. The molecule has 2 heterocycles. The number of carbonyl (C=O) groups excluding carboxylic acids is 2. The van der Waals surface area contributed by atoms with E-state index in [4.69, 9.17) is 14.2 Å². The Bertz CT molecular complexity index is 868. The van der Waals surface area contributed by atoms with Crippen molar-refractivity contribution in [3.63, 3.8) is 0 Å². The molecule has 0 radical (unpaired) electrons. The predicted octanol–water partition coefficient (Wildman–Crippen LogP) is 4.39. The quantitative estimate of drug-likeness (QED) is 0.607. The fraction of sp³-hybridized carbons (Fsp3) is 0.583. The summed E-state index contributed by atoms with van der Waals surface area (Å²) in [5.74, 6) is -0.473. The van der Waals surface area contributed by atoms with Gasteiger partial charge in [0.05, 0.1) is 11.7 Å². The third-order valence-electron chi connectivity index (χ3n) is 6.09. The summed E-state index contributed by atoms with van der Waals surface area (Å²) in [6, 6.07) is 4.15. The van der Waals surface area contributed by atoms with Crippen molar-refractivity contribution in [2.24, 2.45) is 5.92 Å². The van der Waals surface area contributed by atoms with E-state index >= 15 is 0 Å². The van der Waals surface area contributed by atoms with Crippen molar-refractivity contribution in [3.8, 4) is 0 Å². The molecule has 29 heavy (non-hydrogen) atoms. The highest BCUT2D eigenvalue weighted by Gasteiger charge is 2.49. The molecule has 2 fully saturated rings. The van der Waals surface area contributed by atoms with E-state index < -0.39 is 11.9 Å². The normalized spacial score (nSPS) is 35.0. The van der Waals surface area contributed by atoms with Crippen LogP contribution in [0.4, 0.5) is 0 Å². The van der Waals surface area contributed by atoms with Crippen molar-refractivity contribution in [2.45, 2.75) is 83.9 Å². The highest BCUT2D eigenvalue weighted by molar-refractivity contribution is 5.94. The molecule has 5 nitrogen and oxygen atoms in total. The highest BCUT2D eigenvalue weighted by Crippen LogP contribution is 2.53. The summed E-state index contributed by atoms with van der Waals surface area (Å²) in [4.78, 5) is 25.7. The first-order chi connectivity index (χ1) is 13.6. The molecule has 1 aromatic rings. The molecule has 3 aliphatic rings. The fourth-order valence-corrected chi connectivity index (χ4v) is 4.77. The summed E-state index contributed by atoms with van der Waals surface area (Å²) in [6.45, 7) is 9.59. The standard InChI is InChI=1S/C24H30O5/c1-13-9-14(2)21-18(10-13)17-11-16(17)12-20-22(29-24(4,5)28-20)19(25)8-6-7-15(3)27-23(21)26/h6,8-10,15-17,20,22H,7,11-12H2,1-5H3/b8-6+/t15-,16?,17?,20+,22+/m0/s1. The lowest BCUT2D eigenvalue weighted by atomic mass is 9.93. The Morgan fingerprint density at radius 1 is 1.07 bits per heavy atom. The van der Waals surface area contributed by atoms with Gasteiger partial charge < -0.3 is 14.2 Å². The van der Waals surface area contributed by atoms with Gasteiger partial charge in [-0.15, -0.1) is 0 Å². The van der Waals surface area contributed by atoms with Crippen molar-refractivity contribution in [1.82, 2.24) is 0 Å². The van der Waals surface area contributed by atoms with Gasteiger partial charge in [-0.3, -0.25) is 4.79 Å². The number of hydrogen-bond acceptors (Lipinski definition) is 5. The Morgan fingerprint density at radius 2 is 1.83 bits per heavy atom. The number of ketones is 1. The van der Waals surface area contributed by atoms with Crippen LogP contribution in [-0.4, -0.2) is 35.9 Å². The van der Waals surface area contributed by atoms with Gasteiger partial charge in [0.15, 0.2) is 11.6 Å². The first-order valence-electron chi connectivity index (χ1n) is 10.5. The lowest BCUT2D eigenvalue weighted by molar-refractivity contribution is -0.153. The van der Waals surface area contributed by atoms with Gasteiger partial charge in [-0.2, -0.15) is 0 Å². The second-order valence-electron chi connectivity index (χ2n) is 9.23. The van der Waals surface area contributed by atoms with Crippen LogP contribution < -0.4 is 0 Å². The van der Waals surface area contributed by atoms with Gasteiger partial charge in [-0.05, 0) is 76.5 Å². The Kier molecular flexibility index (Phi) is 5.16. The molecule has 1 aliphatic carbocycles. The minimum absolute atomic E-state index is 0.0829. The lowest BCUT2D eigenvalue weighted by Gasteiger charge is -2.19. The van der Waals surface area contributed by atoms with E-state index in [1.165, 1.54) is 0 Å². The largest absolute Gasteiger partial charge is 0.459 e. The molecule has 4 rings (SSSR count). The average molecular weight is 398 g/mol. The van der Waals surface area contributed by atoms with Crippen LogP contribution in [0.25, 0.3) is 0 Å². The minimum Gasteiger partial charge on any atom is -0.459 e. The van der Waals surface area contributed by atoms with Crippen molar-refractivity contribution < 1.29 is 23.8 Å². The van der Waals surface area contributed by atoms with E-state index in [2.05, 4.69) is 13.0 Å². The molecule has 5 atom stereocenters. The number of cyclic esters (lactones) is 1. The first kappa shape index (κ1) is 20.3. The molecule has 0 amide bonds. The number of carbonyl (C=O) groups is 2. The molecule has 0 N–H and O–H groups in total. The monoisotopic (exact) mass is 398 g/mol. The first-order valence-corrected chi connectivity index (χ1v) is 10.5. The van der Waals surface area contributed by atoms with Gasteiger partial charge in [-0.1, -0.05) is 23.8 Å². The van der Waals surface area contributed by atoms with Crippen molar-refractivity contribution >= 4 is 11.8 Å². The number of hydrogen-bond donors (Lipinski definition) is 0. The van der Waals surface area contributed by atoms with Gasteiger partial charge in [0.1, 0.15) is 12.2 Å².